The smallest absolute Gasteiger partial charge is 0.124 e. The number of hydrogen-bond acceptors (Lipinski definition) is 3. The van der Waals surface area contributed by atoms with Crippen LogP contribution in [0.4, 0.5) is 0 Å². The van der Waals surface area contributed by atoms with Crippen LogP contribution in [-0.2, 0) is 17.4 Å². The minimum atomic E-state index is 0. The Hall–Kier alpha value is -1.84. The summed E-state index contributed by atoms with van der Waals surface area (Å²) in [7, 11) is 0. The predicted molar refractivity (Wildman–Crippen MR) is 102 cm³/mol. The van der Waals surface area contributed by atoms with Crippen LogP contribution in [0.2, 0.25) is 0 Å². The SMILES string of the molecule is Cl.[Cr].c1ccc2[nH]c(C3CCCC(c4nc5ccccc5[nH]4)N3)nc2c1. The van der Waals surface area contributed by atoms with Crippen molar-refractivity contribution in [3.63, 3.8) is 0 Å². The molecule has 3 N–H and O–H groups in total. The second-order valence-corrected chi connectivity index (χ2v) is 6.48. The van der Waals surface area contributed by atoms with Crippen LogP contribution in [0.1, 0.15) is 43.0 Å². The number of fused-ring (bicyclic) bond motifs is 2. The summed E-state index contributed by atoms with van der Waals surface area (Å²) in [5.74, 6) is 2.05. The molecule has 134 valence electrons. The number of hydrogen-bond donors (Lipinski definition) is 3. The van der Waals surface area contributed by atoms with Crippen molar-refractivity contribution < 1.29 is 17.4 Å². The third kappa shape index (κ3) is 3.38. The van der Waals surface area contributed by atoms with Crippen LogP contribution in [0.5, 0.6) is 0 Å². The molecule has 1 fully saturated rings. The fourth-order valence-electron chi connectivity index (χ4n) is 3.64. The Morgan fingerprint density at radius 3 is 1.65 bits per heavy atom. The van der Waals surface area contributed by atoms with E-state index in [1.807, 2.05) is 24.3 Å². The summed E-state index contributed by atoms with van der Waals surface area (Å²) in [5, 5.41) is 3.72. The first-order chi connectivity index (χ1) is 11.9. The molecular weight excluding hydrogens is 386 g/mol. The number of nitrogens with one attached hydrogen (secondary N) is 3. The zero-order valence-corrected chi connectivity index (χ0v) is 16.2. The summed E-state index contributed by atoms with van der Waals surface area (Å²) in [5.41, 5.74) is 4.25. The second-order valence-electron chi connectivity index (χ2n) is 6.48. The van der Waals surface area contributed by atoms with Gasteiger partial charge in [-0.05, 0) is 43.5 Å². The van der Waals surface area contributed by atoms with E-state index in [2.05, 4.69) is 39.6 Å². The van der Waals surface area contributed by atoms with Gasteiger partial charge in [0.1, 0.15) is 11.6 Å². The second kappa shape index (κ2) is 7.81. The van der Waals surface area contributed by atoms with Gasteiger partial charge in [0, 0.05) is 17.4 Å². The van der Waals surface area contributed by atoms with Crippen molar-refractivity contribution >= 4 is 34.5 Å². The van der Waals surface area contributed by atoms with E-state index in [1.54, 1.807) is 0 Å². The Balaban J connectivity index is 0.000000980. The van der Waals surface area contributed by atoms with Crippen molar-refractivity contribution in [3.8, 4) is 0 Å². The fourth-order valence-corrected chi connectivity index (χ4v) is 3.64. The molecule has 1 saturated heterocycles. The van der Waals surface area contributed by atoms with Gasteiger partial charge in [0.05, 0.1) is 34.2 Å². The van der Waals surface area contributed by atoms with Crippen LogP contribution < -0.4 is 5.32 Å². The molecule has 0 radical (unpaired) electrons. The topological polar surface area (TPSA) is 69.4 Å². The maximum Gasteiger partial charge on any atom is 0.124 e. The summed E-state index contributed by atoms with van der Waals surface area (Å²) in [4.78, 5) is 16.4. The molecule has 0 saturated carbocycles. The zero-order valence-electron chi connectivity index (χ0n) is 14.1. The molecule has 2 atom stereocenters. The Bertz CT molecular complexity index is 865. The molecule has 0 bridgehead atoms. The fraction of sp³-hybridized carbons (Fsp3) is 0.263. The van der Waals surface area contributed by atoms with Gasteiger partial charge >= 0.3 is 0 Å². The number of H-pyrrole nitrogens is 2. The molecule has 2 aromatic carbocycles. The van der Waals surface area contributed by atoms with E-state index in [0.717, 1.165) is 53.0 Å². The van der Waals surface area contributed by atoms with Crippen molar-refractivity contribution in [2.45, 2.75) is 31.3 Å². The molecule has 0 aliphatic carbocycles. The Labute approximate surface area is 168 Å². The number of aromatic nitrogens is 4. The molecule has 0 amide bonds. The van der Waals surface area contributed by atoms with Crippen LogP contribution in [0.3, 0.4) is 0 Å². The summed E-state index contributed by atoms with van der Waals surface area (Å²) in [6.45, 7) is 0. The first-order valence-corrected chi connectivity index (χ1v) is 8.52. The van der Waals surface area contributed by atoms with E-state index in [1.165, 1.54) is 0 Å². The summed E-state index contributed by atoms with van der Waals surface area (Å²) in [6.07, 6.45) is 3.35. The van der Waals surface area contributed by atoms with Gasteiger partial charge in [0.2, 0.25) is 0 Å². The van der Waals surface area contributed by atoms with E-state index >= 15 is 0 Å². The zero-order chi connectivity index (χ0) is 15.9. The summed E-state index contributed by atoms with van der Waals surface area (Å²) < 4.78 is 0. The van der Waals surface area contributed by atoms with Gasteiger partial charge < -0.3 is 9.97 Å². The Kier molecular flexibility index (Phi) is 5.69. The molecule has 1 aliphatic heterocycles. The third-order valence-electron chi connectivity index (χ3n) is 4.86. The van der Waals surface area contributed by atoms with Crippen LogP contribution in [-0.4, -0.2) is 19.9 Å². The van der Waals surface area contributed by atoms with Gasteiger partial charge in [-0.3, -0.25) is 5.32 Å². The monoisotopic (exact) mass is 405 g/mol. The first-order valence-electron chi connectivity index (χ1n) is 8.52. The van der Waals surface area contributed by atoms with Crippen molar-refractivity contribution in [3.05, 3.63) is 60.2 Å². The van der Waals surface area contributed by atoms with Crippen molar-refractivity contribution in [2.24, 2.45) is 0 Å². The molecule has 0 spiro atoms. The number of imidazole rings is 2. The predicted octanol–water partition coefficient (Wildman–Crippen LogP) is 4.41. The van der Waals surface area contributed by atoms with Crippen LogP contribution in [0.15, 0.2) is 48.5 Å². The summed E-state index contributed by atoms with van der Waals surface area (Å²) in [6, 6.07) is 16.9. The first kappa shape index (κ1) is 18.9. The minimum absolute atomic E-state index is 0. The summed E-state index contributed by atoms with van der Waals surface area (Å²) >= 11 is 0. The molecule has 5 nitrogen and oxygen atoms in total. The maximum atomic E-state index is 4.76. The van der Waals surface area contributed by atoms with Gasteiger partial charge in [-0.15, -0.1) is 12.4 Å². The molecule has 7 heteroatoms. The van der Waals surface area contributed by atoms with Crippen molar-refractivity contribution in [2.75, 3.05) is 0 Å². The number of halogens is 1. The molecule has 1 aliphatic rings. The number of benzene rings is 2. The average Bonchev–Trinajstić information content (AvgIpc) is 3.26. The number of piperidine rings is 1. The largest absolute Gasteiger partial charge is 0.341 e. The number of aromatic amines is 2. The Morgan fingerprint density at radius 2 is 1.19 bits per heavy atom. The molecule has 2 unspecified atom stereocenters. The van der Waals surface area contributed by atoms with E-state index in [9.17, 15) is 0 Å². The van der Waals surface area contributed by atoms with Gasteiger partial charge in [0.25, 0.3) is 0 Å². The number of nitrogens with zero attached hydrogens (tertiary/aromatic N) is 2. The third-order valence-corrected chi connectivity index (χ3v) is 4.86. The molecule has 5 rings (SSSR count). The van der Waals surface area contributed by atoms with Crippen LogP contribution in [0, 0.1) is 0 Å². The standard InChI is InChI=1S/C19H19N5.ClH.Cr/c1-2-7-13-12(6-1)21-18(22-13)16-10-5-11-17(20-16)19-23-14-8-3-4-9-15(14)24-19;;/h1-4,6-9,16-17,20H,5,10-11H2,(H,21,22)(H,23,24);1H;. The van der Waals surface area contributed by atoms with Crippen LogP contribution >= 0.6 is 12.4 Å². The quantitative estimate of drug-likeness (QED) is 0.462. The van der Waals surface area contributed by atoms with E-state index in [0.29, 0.717) is 0 Å². The molecule has 3 heterocycles. The van der Waals surface area contributed by atoms with E-state index in [-0.39, 0.29) is 41.9 Å². The van der Waals surface area contributed by atoms with E-state index < -0.39 is 0 Å². The average molecular weight is 406 g/mol. The van der Waals surface area contributed by atoms with Gasteiger partial charge in [-0.1, -0.05) is 24.3 Å². The number of para-hydroxylation sites is 4. The molecule has 4 aromatic rings. The van der Waals surface area contributed by atoms with Crippen molar-refractivity contribution in [1.29, 1.82) is 0 Å². The number of rotatable bonds is 2. The molecule has 26 heavy (non-hydrogen) atoms. The maximum absolute atomic E-state index is 4.76. The molecular formula is C19H20ClCrN5. The van der Waals surface area contributed by atoms with Crippen LogP contribution in [0.25, 0.3) is 22.1 Å². The van der Waals surface area contributed by atoms with Crippen molar-refractivity contribution in [1.82, 2.24) is 25.3 Å². The van der Waals surface area contributed by atoms with Gasteiger partial charge in [-0.2, -0.15) is 0 Å². The van der Waals surface area contributed by atoms with E-state index in [4.69, 9.17) is 9.97 Å². The molecule has 2 aromatic heterocycles. The van der Waals surface area contributed by atoms with Gasteiger partial charge in [-0.25, -0.2) is 9.97 Å². The van der Waals surface area contributed by atoms with Gasteiger partial charge in [0.15, 0.2) is 0 Å². The normalized spacial score (nSPS) is 19.8. The Morgan fingerprint density at radius 1 is 0.731 bits per heavy atom. The minimum Gasteiger partial charge on any atom is -0.341 e.